The summed E-state index contributed by atoms with van der Waals surface area (Å²) >= 11 is 0. The quantitative estimate of drug-likeness (QED) is 0.286. The first-order valence-electron chi connectivity index (χ1n) is 10.1. The first-order valence-corrected chi connectivity index (χ1v) is 10.1. The van der Waals surface area contributed by atoms with Crippen LogP contribution in [0.4, 0.5) is 11.4 Å². The molecule has 1 heterocycles. The standard InChI is InChI=1S/C24H25N3O3/c1-3-4-5-6-18-8-14-21(25-16-18)19-9-11-20(12-10-19)24(28)26-22-13-7-17(2)15-23(22)27(29)30/h7-16H,3-6H2,1-2H3,(H,26,28). The van der Waals surface area contributed by atoms with E-state index in [0.717, 1.165) is 23.2 Å². The van der Waals surface area contributed by atoms with E-state index in [1.54, 1.807) is 31.2 Å². The molecule has 30 heavy (non-hydrogen) atoms. The van der Waals surface area contributed by atoms with Crippen LogP contribution in [0.3, 0.4) is 0 Å². The molecule has 0 saturated carbocycles. The molecule has 0 unspecified atom stereocenters. The lowest BCUT2D eigenvalue weighted by atomic mass is 10.1. The van der Waals surface area contributed by atoms with Crippen LogP contribution in [0.1, 0.15) is 47.7 Å². The van der Waals surface area contributed by atoms with Crippen LogP contribution < -0.4 is 5.32 Å². The van der Waals surface area contributed by atoms with E-state index < -0.39 is 10.8 Å². The molecule has 154 valence electrons. The minimum atomic E-state index is -0.497. The molecule has 3 aromatic rings. The van der Waals surface area contributed by atoms with E-state index in [9.17, 15) is 14.9 Å². The second-order valence-corrected chi connectivity index (χ2v) is 7.32. The predicted octanol–water partition coefficient (Wildman–Crippen LogP) is 5.95. The van der Waals surface area contributed by atoms with Crippen LogP contribution in [0.2, 0.25) is 0 Å². The van der Waals surface area contributed by atoms with E-state index in [0.29, 0.717) is 5.56 Å². The normalized spacial score (nSPS) is 10.6. The molecule has 1 amide bonds. The number of carbonyl (C=O) groups excluding carboxylic acids is 1. The van der Waals surface area contributed by atoms with E-state index in [2.05, 4.69) is 23.3 Å². The number of aromatic nitrogens is 1. The molecule has 0 spiro atoms. The van der Waals surface area contributed by atoms with Crippen molar-refractivity contribution in [2.75, 3.05) is 5.32 Å². The Morgan fingerprint density at radius 2 is 1.83 bits per heavy atom. The van der Waals surface area contributed by atoms with E-state index in [1.165, 1.54) is 30.9 Å². The van der Waals surface area contributed by atoms with Gasteiger partial charge in [-0.15, -0.1) is 0 Å². The largest absolute Gasteiger partial charge is 0.316 e. The minimum Gasteiger partial charge on any atom is -0.316 e. The Hall–Kier alpha value is -3.54. The molecule has 0 saturated heterocycles. The number of carbonyl (C=O) groups is 1. The van der Waals surface area contributed by atoms with Crippen molar-refractivity contribution in [2.45, 2.75) is 39.5 Å². The fourth-order valence-electron chi connectivity index (χ4n) is 3.21. The van der Waals surface area contributed by atoms with Crippen molar-refractivity contribution in [1.29, 1.82) is 0 Å². The molecule has 0 aliphatic heterocycles. The molecule has 2 aromatic carbocycles. The summed E-state index contributed by atoms with van der Waals surface area (Å²) in [5.74, 6) is -0.396. The van der Waals surface area contributed by atoms with Gasteiger partial charge in [-0.2, -0.15) is 0 Å². The smallest absolute Gasteiger partial charge is 0.293 e. The summed E-state index contributed by atoms with van der Waals surface area (Å²) in [6.07, 6.45) is 6.52. The van der Waals surface area contributed by atoms with Gasteiger partial charge in [-0.3, -0.25) is 19.9 Å². The van der Waals surface area contributed by atoms with Gasteiger partial charge in [-0.1, -0.05) is 44.0 Å². The lowest BCUT2D eigenvalue weighted by Crippen LogP contribution is -2.13. The van der Waals surface area contributed by atoms with E-state index in [-0.39, 0.29) is 11.4 Å². The Morgan fingerprint density at radius 3 is 2.47 bits per heavy atom. The van der Waals surface area contributed by atoms with Gasteiger partial charge in [0.15, 0.2) is 0 Å². The maximum Gasteiger partial charge on any atom is 0.293 e. The molecule has 6 nitrogen and oxygen atoms in total. The van der Waals surface area contributed by atoms with Crippen LogP contribution in [0, 0.1) is 17.0 Å². The van der Waals surface area contributed by atoms with Crippen LogP contribution in [-0.4, -0.2) is 15.8 Å². The molecule has 0 fully saturated rings. The van der Waals surface area contributed by atoms with Crippen molar-refractivity contribution >= 4 is 17.3 Å². The van der Waals surface area contributed by atoms with Crippen LogP contribution in [0.15, 0.2) is 60.8 Å². The summed E-state index contributed by atoms with van der Waals surface area (Å²) in [7, 11) is 0. The third-order valence-corrected chi connectivity index (χ3v) is 4.93. The van der Waals surface area contributed by atoms with Gasteiger partial charge in [-0.05, 0) is 55.2 Å². The second-order valence-electron chi connectivity index (χ2n) is 7.32. The van der Waals surface area contributed by atoms with Gasteiger partial charge in [0.25, 0.3) is 11.6 Å². The average molecular weight is 403 g/mol. The number of nitro groups is 1. The van der Waals surface area contributed by atoms with Crippen molar-refractivity contribution in [3.8, 4) is 11.3 Å². The molecular weight excluding hydrogens is 378 g/mol. The fraction of sp³-hybridized carbons (Fsp3) is 0.250. The van der Waals surface area contributed by atoms with Crippen molar-refractivity contribution in [2.24, 2.45) is 0 Å². The van der Waals surface area contributed by atoms with Crippen molar-refractivity contribution in [1.82, 2.24) is 4.98 Å². The monoisotopic (exact) mass is 403 g/mol. The number of hydrogen-bond donors (Lipinski definition) is 1. The van der Waals surface area contributed by atoms with Gasteiger partial charge >= 0.3 is 0 Å². The highest BCUT2D eigenvalue weighted by molar-refractivity contribution is 6.05. The second kappa shape index (κ2) is 9.78. The number of rotatable bonds is 8. The molecule has 0 aliphatic carbocycles. The van der Waals surface area contributed by atoms with Crippen molar-refractivity contribution in [3.63, 3.8) is 0 Å². The molecule has 1 aromatic heterocycles. The van der Waals surface area contributed by atoms with Crippen molar-refractivity contribution < 1.29 is 9.72 Å². The fourth-order valence-corrected chi connectivity index (χ4v) is 3.21. The van der Waals surface area contributed by atoms with E-state index >= 15 is 0 Å². The number of pyridine rings is 1. The highest BCUT2D eigenvalue weighted by atomic mass is 16.6. The number of nitrogens with one attached hydrogen (secondary N) is 1. The summed E-state index contributed by atoms with van der Waals surface area (Å²) in [6, 6.07) is 15.9. The Bertz CT molecular complexity index is 1030. The number of anilines is 1. The number of amides is 1. The molecule has 6 heteroatoms. The Kier molecular flexibility index (Phi) is 6.91. The maximum absolute atomic E-state index is 12.5. The predicted molar refractivity (Wildman–Crippen MR) is 119 cm³/mol. The number of hydrogen-bond acceptors (Lipinski definition) is 4. The van der Waals surface area contributed by atoms with Crippen LogP contribution in [-0.2, 0) is 6.42 Å². The third kappa shape index (κ3) is 5.29. The summed E-state index contributed by atoms with van der Waals surface area (Å²) in [5, 5.41) is 13.9. The molecule has 3 rings (SSSR count). The Morgan fingerprint density at radius 1 is 1.07 bits per heavy atom. The molecule has 0 aliphatic rings. The zero-order chi connectivity index (χ0) is 21.5. The average Bonchev–Trinajstić information content (AvgIpc) is 2.75. The molecule has 0 bridgehead atoms. The highest BCUT2D eigenvalue weighted by Gasteiger charge is 2.17. The van der Waals surface area contributed by atoms with Gasteiger partial charge < -0.3 is 5.32 Å². The van der Waals surface area contributed by atoms with Crippen LogP contribution >= 0.6 is 0 Å². The minimum absolute atomic E-state index is 0.122. The van der Waals surface area contributed by atoms with Crippen LogP contribution in [0.25, 0.3) is 11.3 Å². The summed E-state index contributed by atoms with van der Waals surface area (Å²) in [5.41, 5.74) is 4.21. The molecule has 0 atom stereocenters. The first kappa shape index (κ1) is 21.2. The highest BCUT2D eigenvalue weighted by Crippen LogP contribution is 2.26. The van der Waals surface area contributed by atoms with E-state index in [4.69, 9.17) is 0 Å². The number of nitrogens with zero attached hydrogens (tertiary/aromatic N) is 2. The molecular formula is C24H25N3O3. The topological polar surface area (TPSA) is 85.1 Å². The molecule has 1 N–H and O–H groups in total. The van der Waals surface area contributed by atoms with E-state index in [1.807, 2.05) is 24.4 Å². The van der Waals surface area contributed by atoms with Crippen LogP contribution in [0.5, 0.6) is 0 Å². The molecule has 0 radical (unpaired) electrons. The first-order chi connectivity index (χ1) is 14.5. The van der Waals surface area contributed by atoms with Gasteiger partial charge in [0.2, 0.25) is 0 Å². The number of unbranched alkanes of at least 4 members (excludes halogenated alkanes) is 2. The number of aryl methyl sites for hydroxylation is 2. The van der Waals surface area contributed by atoms with Gasteiger partial charge in [-0.25, -0.2) is 0 Å². The Balaban J connectivity index is 1.70. The van der Waals surface area contributed by atoms with Gasteiger partial charge in [0.1, 0.15) is 5.69 Å². The maximum atomic E-state index is 12.5. The zero-order valence-electron chi connectivity index (χ0n) is 17.2. The lowest BCUT2D eigenvalue weighted by Gasteiger charge is -2.08. The number of benzene rings is 2. The van der Waals surface area contributed by atoms with Gasteiger partial charge in [0, 0.05) is 23.4 Å². The Labute approximate surface area is 176 Å². The van der Waals surface area contributed by atoms with Gasteiger partial charge in [0.05, 0.1) is 10.6 Å². The third-order valence-electron chi connectivity index (χ3n) is 4.93. The number of nitro benzene ring substituents is 1. The SMILES string of the molecule is CCCCCc1ccc(-c2ccc(C(=O)Nc3ccc(C)cc3[N+](=O)[O-])cc2)nc1. The summed E-state index contributed by atoms with van der Waals surface area (Å²) in [6.45, 7) is 3.95. The summed E-state index contributed by atoms with van der Waals surface area (Å²) < 4.78 is 0. The summed E-state index contributed by atoms with van der Waals surface area (Å²) in [4.78, 5) is 27.8. The van der Waals surface area contributed by atoms with Crippen molar-refractivity contribution in [3.05, 3.63) is 87.6 Å². The lowest BCUT2D eigenvalue weighted by molar-refractivity contribution is -0.384. The zero-order valence-corrected chi connectivity index (χ0v) is 17.2.